The van der Waals surface area contributed by atoms with Gasteiger partial charge in [-0.25, -0.2) is 0 Å². The predicted molar refractivity (Wildman–Crippen MR) is 254 cm³/mol. The first-order chi connectivity index (χ1) is 29.2. The molecule has 3 nitrogen and oxygen atoms in total. The van der Waals surface area contributed by atoms with Crippen molar-refractivity contribution in [2.75, 3.05) is 14.7 Å². The van der Waals surface area contributed by atoms with Gasteiger partial charge in [-0.2, -0.15) is 0 Å². The quantitative estimate of drug-likeness (QED) is 0.107. The Morgan fingerprint density at radius 1 is 0.492 bits per heavy atom. The van der Waals surface area contributed by atoms with E-state index in [1.165, 1.54) is 61.4 Å². The van der Waals surface area contributed by atoms with Crippen LogP contribution in [-0.2, 0) is 0 Å². The zero-order chi connectivity index (χ0) is 39.7. The molecule has 59 heavy (non-hydrogen) atoms. The van der Waals surface area contributed by atoms with Crippen LogP contribution in [0.2, 0.25) is 0 Å². The minimum absolute atomic E-state index is 0.00453. The van der Waals surface area contributed by atoms with Gasteiger partial charge in [-0.15, -0.1) is 0 Å². The molecule has 2 heterocycles. The van der Waals surface area contributed by atoms with E-state index in [0.29, 0.717) is 0 Å². The van der Waals surface area contributed by atoms with Crippen LogP contribution in [0.5, 0.6) is 0 Å². The normalized spacial score (nSPS) is 12.9. The van der Waals surface area contributed by atoms with E-state index < -0.39 is 0 Å². The molecule has 0 amide bonds. The number of para-hydroxylation sites is 3. The van der Waals surface area contributed by atoms with Gasteiger partial charge in [0.25, 0.3) is 6.71 Å². The molecule has 4 heteroatoms. The summed E-state index contributed by atoms with van der Waals surface area (Å²) < 4.78 is 0. The average Bonchev–Trinajstić information content (AvgIpc) is 3.30. The average molecular weight is 758 g/mol. The standard InChI is InChI=1S/C55H44BN3/c1-3-5-19-40(4-2)42-30-33-47(34-31-42)58-51-37-32-43(41-20-10-6-11-21-41)38-50(51)56-49-36-35-48(57(44-22-12-7-13-23-44)45-24-14-8-15-25-45)39-54(49)59(46-26-16-9-17-27-46)53-29-18-28-52(58)55(53)56/h4-39H,3H2,1-2H3/b19-5-,40-4+. The van der Waals surface area contributed by atoms with E-state index in [4.69, 9.17) is 0 Å². The molecule has 10 rings (SSSR count). The fourth-order valence-electron chi connectivity index (χ4n) is 9.02. The predicted octanol–water partition coefficient (Wildman–Crippen LogP) is 13.3. The van der Waals surface area contributed by atoms with Crippen LogP contribution < -0.4 is 31.1 Å². The van der Waals surface area contributed by atoms with Crippen molar-refractivity contribution in [1.29, 1.82) is 0 Å². The number of fused-ring (bicyclic) bond motifs is 4. The first kappa shape index (κ1) is 36.1. The number of hydrogen-bond donors (Lipinski definition) is 0. The minimum atomic E-state index is -0.00453. The van der Waals surface area contributed by atoms with Gasteiger partial charge in [-0.05, 0) is 131 Å². The molecule has 8 aromatic rings. The number of anilines is 9. The molecule has 0 aromatic heterocycles. The Bertz CT molecular complexity index is 2780. The lowest BCUT2D eigenvalue weighted by atomic mass is 9.33. The highest BCUT2D eigenvalue weighted by atomic mass is 15.2. The third-order valence-electron chi connectivity index (χ3n) is 11.7. The molecule has 0 saturated carbocycles. The molecule has 8 aromatic carbocycles. The van der Waals surface area contributed by atoms with Crippen LogP contribution in [-0.4, -0.2) is 6.71 Å². The van der Waals surface area contributed by atoms with Crippen molar-refractivity contribution in [3.8, 4) is 11.1 Å². The third-order valence-corrected chi connectivity index (χ3v) is 11.7. The fourth-order valence-corrected chi connectivity index (χ4v) is 9.02. The molecule has 0 atom stereocenters. The molecule has 0 spiro atoms. The Labute approximate surface area is 348 Å². The highest BCUT2D eigenvalue weighted by Gasteiger charge is 2.43. The Balaban J connectivity index is 1.22. The topological polar surface area (TPSA) is 9.72 Å². The summed E-state index contributed by atoms with van der Waals surface area (Å²) in [6.45, 7) is 4.29. The van der Waals surface area contributed by atoms with E-state index >= 15 is 0 Å². The van der Waals surface area contributed by atoms with Crippen molar-refractivity contribution in [2.45, 2.75) is 20.3 Å². The largest absolute Gasteiger partial charge is 0.311 e. The molecular weight excluding hydrogens is 713 g/mol. The zero-order valence-corrected chi connectivity index (χ0v) is 33.4. The monoisotopic (exact) mass is 757 g/mol. The Hall–Kier alpha value is -7.30. The van der Waals surface area contributed by atoms with Gasteiger partial charge in [0.05, 0.1) is 0 Å². The zero-order valence-electron chi connectivity index (χ0n) is 33.4. The van der Waals surface area contributed by atoms with Crippen LogP contribution in [0.4, 0.5) is 51.2 Å². The van der Waals surface area contributed by atoms with Crippen molar-refractivity contribution in [3.05, 3.63) is 224 Å². The van der Waals surface area contributed by atoms with E-state index in [0.717, 1.165) is 34.9 Å². The van der Waals surface area contributed by atoms with Crippen LogP contribution in [0.1, 0.15) is 25.8 Å². The summed E-state index contributed by atoms with van der Waals surface area (Å²) in [5.41, 5.74) is 19.1. The Kier molecular flexibility index (Phi) is 9.52. The molecule has 2 aliphatic rings. The molecule has 0 unspecified atom stereocenters. The highest BCUT2D eigenvalue weighted by Crippen LogP contribution is 2.46. The van der Waals surface area contributed by atoms with E-state index in [2.05, 4.69) is 247 Å². The van der Waals surface area contributed by atoms with E-state index in [-0.39, 0.29) is 6.71 Å². The van der Waals surface area contributed by atoms with Gasteiger partial charge in [0.1, 0.15) is 0 Å². The lowest BCUT2D eigenvalue weighted by Gasteiger charge is -2.44. The first-order valence-electron chi connectivity index (χ1n) is 20.7. The first-order valence-corrected chi connectivity index (χ1v) is 20.7. The number of nitrogens with zero attached hydrogens (tertiary/aromatic N) is 3. The van der Waals surface area contributed by atoms with Crippen molar-refractivity contribution < 1.29 is 0 Å². The van der Waals surface area contributed by atoms with Crippen LogP contribution in [0, 0.1) is 0 Å². The molecule has 0 radical (unpaired) electrons. The minimum Gasteiger partial charge on any atom is -0.311 e. The second-order valence-electron chi connectivity index (χ2n) is 15.1. The smallest absolute Gasteiger partial charge is 0.252 e. The van der Waals surface area contributed by atoms with Crippen molar-refractivity contribution >= 4 is 79.9 Å². The van der Waals surface area contributed by atoms with Crippen molar-refractivity contribution in [2.24, 2.45) is 0 Å². The van der Waals surface area contributed by atoms with Gasteiger partial charge in [0, 0.05) is 51.2 Å². The summed E-state index contributed by atoms with van der Waals surface area (Å²) >= 11 is 0. The maximum absolute atomic E-state index is 2.48. The lowest BCUT2D eigenvalue weighted by molar-refractivity contribution is 1.22. The molecule has 0 N–H and O–H groups in total. The highest BCUT2D eigenvalue weighted by molar-refractivity contribution is 7.00. The van der Waals surface area contributed by atoms with Crippen LogP contribution in [0.15, 0.2) is 218 Å². The third kappa shape index (κ3) is 6.44. The van der Waals surface area contributed by atoms with Crippen molar-refractivity contribution in [1.82, 2.24) is 0 Å². The molecule has 0 fully saturated rings. The number of hydrogen-bond acceptors (Lipinski definition) is 3. The number of rotatable bonds is 9. The van der Waals surface area contributed by atoms with E-state index in [9.17, 15) is 0 Å². The van der Waals surface area contributed by atoms with Gasteiger partial charge in [0.15, 0.2) is 0 Å². The van der Waals surface area contributed by atoms with Gasteiger partial charge >= 0.3 is 0 Å². The maximum atomic E-state index is 2.48. The van der Waals surface area contributed by atoms with Crippen LogP contribution >= 0.6 is 0 Å². The van der Waals surface area contributed by atoms with Gasteiger partial charge in [-0.3, -0.25) is 0 Å². The molecule has 2 aliphatic heterocycles. The molecular formula is C55H44BN3. The fraction of sp³-hybridized carbons (Fsp3) is 0.0545. The van der Waals surface area contributed by atoms with Gasteiger partial charge in [-0.1, -0.05) is 146 Å². The summed E-state index contributed by atoms with van der Waals surface area (Å²) in [6.07, 6.45) is 7.66. The van der Waals surface area contributed by atoms with Gasteiger partial charge in [0.2, 0.25) is 0 Å². The SMILES string of the molecule is C/C=C(\C=C/CC)c1ccc(N2c3ccc(-c4ccccc4)cc3B3c4ccc(N(c5ccccc5)c5ccccc5)cc4N(c4ccccc4)c4cccc2c43)cc1. The molecule has 0 aliphatic carbocycles. The van der Waals surface area contributed by atoms with Crippen molar-refractivity contribution in [3.63, 3.8) is 0 Å². The summed E-state index contributed by atoms with van der Waals surface area (Å²) in [4.78, 5) is 7.32. The summed E-state index contributed by atoms with van der Waals surface area (Å²) in [6, 6.07) is 73.1. The maximum Gasteiger partial charge on any atom is 0.252 e. The second-order valence-corrected chi connectivity index (χ2v) is 15.1. The Morgan fingerprint density at radius 2 is 1.08 bits per heavy atom. The number of allylic oxidation sites excluding steroid dienone is 4. The molecule has 0 bridgehead atoms. The van der Waals surface area contributed by atoms with Gasteiger partial charge < -0.3 is 14.7 Å². The Morgan fingerprint density at radius 3 is 1.71 bits per heavy atom. The van der Waals surface area contributed by atoms with Crippen LogP contribution in [0.25, 0.3) is 16.7 Å². The van der Waals surface area contributed by atoms with Crippen LogP contribution in [0.3, 0.4) is 0 Å². The molecule has 0 saturated heterocycles. The second kappa shape index (κ2) is 15.6. The molecule has 282 valence electrons. The number of benzene rings is 8. The lowest BCUT2D eigenvalue weighted by Crippen LogP contribution is -2.61. The van der Waals surface area contributed by atoms with E-state index in [1.54, 1.807) is 0 Å². The summed E-state index contributed by atoms with van der Waals surface area (Å²) in [5, 5.41) is 0. The summed E-state index contributed by atoms with van der Waals surface area (Å²) in [5.74, 6) is 0. The summed E-state index contributed by atoms with van der Waals surface area (Å²) in [7, 11) is 0. The van der Waals surface area contributed by atoms with E-state index in [1.807, 2.05) is 0 Å².